The molecule has 2 aliphatic heterocycles. The first kappa shape index (κ1) is 27.1. The molecular formula is C32H36F2N2O3. The highest BCUT2D eigenvalue weighted by Gasteiger charge is 2.36. The van der Waals surface area contributed by atoms with Crippen LogP contribution in [0.1, 0.15) is 43.4 Å². The fourth-order valence-corrected chi connectivity index (χ4v) is 5.74. The number of rotatable bonds is 7. The van der Waals surface area contributed by atoms with Crippen LogP contribution >= 0.6 is 0 Å². The summed E-state index contributed by atoms with van der Waals surface area (Å²) in [6.07, 6.45) is 0.725. The predicted molar refractivity (Wildman–Crippen MR) is 148 cm³/mol. The van der Waals surface area contributed by atoms with Crippen LogP contribution in [0.2, 0.25) is 0 Å². The second kappa shape index (κ2) is 12.2. The van der Waals surface area contributed by atoms with Crippen molar-refractivity contribution in [1.82, 2.24) is 4.90 Å². The van der Waals surface area contributed by atoms with E-state index in [2.05, 4.69) is 18.7 Å². The molecule has 3 atom stereocenters. The minimum atomic E-state index is -0.254. The number of carbonyl (C=O) groups is 1. The third kappa shape index (κ3) is 6.41. The van der Waals surface area contributed by atoms with Gasteiger partial charge in [-0.1, -0.05) is 44.2 Å². The molecule has 39 heavy (non-hydrogen) atoms. The van der Waals surface area contributed by atoms with Crippen molar-refractivity contribution >= 4 is 11.6 Å². The monoisotopic (exact) mass is 534 g/mol. The molecule has 3 aromatic rings. The molecule has 0 radical (unpaired) electrons. The van der Waals surface area contributed by atoms with Crippen LogP contribution in [0.15, 0.2) is 72.8 Å². The lowest BCUT2D eigenvalue weighted by atomic mass is 9.76. The van der Waals surface area contributed by atoms with Gasteiger partial charge in [-0.2, -0.15) is 0 Å². The number of piperazine rings is 1. The van der Waals surface area contributed by atoms with Crippen LogP contribution in [0.3, 0.4) is 0 Å². The van der Waals surface area contributed by atoms with Crippen molar-refractivity contribution in [3.05, 3.63) is 95.6 Å². The minimum absolute atomic E-state index is 0.0235. The number of halogens is 2. The fraction of sp³-hybridized carbons (Fsp3) is 0.406. The topological polar surface area (TPSA) is 42.0 Å². The van der Waals surface area contributed by atoms with Crippen molar-refractivity contribution < 1.29 is 23.0 Å². The Morgan fingerprint density at radius 3 is 2.44 bits per heavy atom. The van der Waals surface area contributed by atoms with Crippen LogP contribution in [0.4, 0.5) is 14.5 Å². The van der Waals surface area contributed by atoms with Crippen molar-refractivity contribution in [1.29, 1.82) is 0 Å². The average molecular weight is 535 g/mol. The highest BCUT2D eigenvalue weighted by Crippen LogP contribution is 2.44. The van der Waals surface area contributed by atoms with Crippen LogP contribution in [0.25, 0.3) is 0 Å². The summed E-state index contributed by atoms with van der Waals surface area (Å²) in [6.45, 7) is 7.35. The summed E-state index contributed by atoms with van der Waals surface area (Å²) in [5, 5.41) is 0. The van der Waals surface area contributed by atoms with Gasteiger partial charge in [0.25, 0.3) is 5.91 Å². The molecule has 2 saturated heterocycles. The average Bonchev–Trinajstić information content (AvgIpc) is 2.96. The number of hydrogen-bond acceptors (Lipinski definition) is 4. The number of nitrogens with zero attached hydrogens (tertiary/aromatic N) is 2. The van der Waals surface area contributed by atoms with Gasteiger partial charge in [-0.05, 0) is 71.8 Å². The number of ether oxygens (including phenoxy) is 2. The zero-order valence-electron chi connectivity index (χ0n) is 22.6. The second-order valence-corrected chi connectivity index (χ2v) is 10.8. The molecular weight excluding hydrogens is 498 g/mol. The summed E-state index contributed by atoms with van der Waals surface area (Å²) in [5.74, 6) is 0.741. The molecule has 0 bridgehead atoms. The van der Waals surface area contributed by atoms with E-state index in [9.17, 15) is 13.6 Å². The molecule has 5 rings (SSSR count). The molecule has 1 amide bonds. The van der Waals surface area contributed by atoms with Gasteiger partial charge in [0.05, 0.1) is 12.7 Å². The smallest absolute Gasteiger partial charge is 0.260 e. The summed E-state index contributed by atoms with van der Waals surface area (Å²) in [4.78, 5) is 16.8. The zero-order valence-corrected chi connectivity index (χ0v) is 22.6. The lowest BCUT2D eigenvalue weighted by Crippen LogP contribution is -2.50. The quantitative estimate of drug-likeness (QED) is 0.362. The molecule has 0 spiro atoms. The van der Waals surface area contributed by atoms with Gasteiger partial charge in [-0.3, -0.25) is 4.79 Å². The van der Waals surface area contributed by atoms with Gasteiger partial charge >= 0.3 is 0 Å². The Balaban J connectivity index is 1.17. The van der Waals surface area contributed by atoms with Gasteiger partial charge in [0.2, 0.25) is 0 Å². The third-order valence-electron chi connectivity index (χ3n) is 8.00. The van der Waals surface area contributed by atoms with Crippen LogP contribution in [0, 0.1) is 23.5 Å². The van der Waals surface area contributed by atoms with Gasteiger partial charge in [0.15, 0.2) is 6.61 Å². The lowest BCUT2D eigenvalue weighted by Gasteiger charge is -2.39. The molecule has 0 N–H and O–H groups in total. The zero-order chi connectivity index (χ0) is 27.4. The van der Waals surface area contributed by atoms with E-state index in [0.29, 0.717) is 44.5 Å². The number of anilines is 1. The Morgan fingerprint density at radius 2 is 1.72 bits per heavy atom. The van der Waals surface area contributed by atoms with Crippen molar-refractivity contribution in [2.45, 2.75) is 32.3 Å². The van der Waals surface area contributed by atoms with Crippen LogP contribution in [0.5, 0.6) is 5.75 Å². The van der Waals surface area contributed by atoms with E-state index in [-0.39, 0.29) is 42.1 Å². The summed E-state index contributed by atoms with van der Waals surface area (Å²) >= 11 is 0. The summed E-state index contributed by atoms with van der Waals surface area (Å²) in [7, 11) is 0. The van der Waals surface area contributed by atoms with E-state index in [1.54, 1.807) is 18.2 Å². The number of benzene rings is 3. The minimum Gasteiger partial charge on any atom is -0.484 e. The van der Waals surface area contributed by atoms with Gasteiger partial charge in [0.1, 0.15) is 17.4 Å². The van der Waals surface area contributed by atoms with Crippen LogP contribution in [-0.2, 0) is 9.53 Å². The van der Waals surface area contributed by atoms with E-state index in [0.717, 1.165) is 23.2 Å². The number of carbonyl (C=O) groups excluding carboxylic acids is 1. The molecule has 2 aliphatic rings. The number of hydrogen-bond donors (Lipinski definition) is 0. The predicted octanol–water partition coefficient (Wildman–Crippen LogP) is 6.21. The summed E-state index contributed by atoms with van der Waals surface area (Å²) in [6, 6.07) is 21.2. The lowest BCUT2D eigenvalue weighted by molar-refractivity contribution is -0.133. The van der Waals surface area contributed by atoms with E-state index >= 15 is 0 Å². The molecule has 5 nitrogen and oxygen atoms in total. The third-order valence-corrected chi connectivity index (χ3v) is 8.00. The van der Waals surface area contributed by atoms with E-state index < -0.39 is 0 Å². The number of amides is 1. The van der Waals surface area contributed by atoms with Gasteiger partial charge in [-0.25, -0.2) is 8.78 Å². The molecule has 7 heteroatoms. The highest BCUT2D eigenvalue weighted by molar-refractivity contribution is 5.78. The Morgan fingerprint density at radius 1 is 0.974 bits per heavy atom. The maximum absolute atomic E-state index is 14.5. The van der Waals surface area contributed by atoms with Gasteiger partial charge < -0.3 is 19.3 Å². The molecule has 2 heterocycles. The standard InChI is InChI=1S/C32H36F2N2O3/c1-22(2)29-19-24(28-8-3-4-9-30(28)34)20-39-32(29)23-6-5-7-27(18-23)38-21-31(37)36-16-14-35(15-17-36)26-12-10-25(33)11-13-26/h3-13,18,22,24,29,32H,14-17,19-21H2,1-2H3/t24-,29-,32-/m0/s1. The Hall–Kier alpha value is -3.45. The maximum Gasteiger partial charge on any atom is 0.260 e. The first-order chi connectivity index (χ1) is 18.9. The Labute approximate surface area is 229 Å². The van der Waals surface area contributed by atoms with Crippen molar-refractivity contribution in [2.24, 2.45) is 11.8 Å². The van der Waals surface area contributed by atoms with Gasteiger partial charge in [-0.15, -0.1) is 0 Å². The van der Waals surface area contributed by atoms with Crippen molar-refractivity contribution in [3.8, 4) is 5.75 Å². The largest absolute Gasteiger partial charge is 0.484 e. The first-order valence-corrected chi connectivity index (χ1v) is 13.8. The Kier molecular flexibility index (Phi) is 8.46. The Bertz CT molecular complexity index is 1260. The van der Waals surface area contributed by atoms with E-state index in [1.807, 2.05) is 41.3 Å². The van der Waals surface area contributed by atoms with Crippen molar-refractivity contribution in [2.75, 3.05) is 44.3 Å². The van der Waals surface area contributed by atoms with Crippen LogP contribution < -0.4 is 9.64 Å². The second-order valence-electron chi connectivity index (χ2n) is 10.8. The van der Waals surface area contributed by atoms with E-state index in [1.165, 1.54) is 18.2 Å². The molecule has 206 valence electrons. The molecule has 0 unspecified atom stereocenters. The molecule has 0 aromatic heterocycles. The fourth-order valence-electron chi connectivity index (χ4n) is 5.74. The van der Waals surface area contributed by atoms with Crippen molar-refractivity contribution in [3.63, 3.8) is 0 Å². The van der Waals surface area contributed by atoms with Crippen LogP contribution in [-0.4, -0.2) is 50.2 Å². The van der Waals surface area contributed by atoms with E-state index in [4.69, 9.17) is 9.47 Å². The first-order valence-electron chi connectivity index (χ1n) is 13.8. The normalized spacial score (nSPS) is 21.7. The maximum atomic E-state index is 14.5. The molecule has 3 aromatic carbocycles. The summed E-state index contributed by atoms with van der Waals surface area (Å²) < 4.78 is 40.0. The molecule has 0 saturated carbocycles. The molecule has 0 aliphatic carbocycles. The SMILES string of the molecule is CC(C)[C@@H]1C[C@H](c2ccccc2F)CO[C@H]1c1cccc(OCC(=O)N2CCN(c3ccc(F)cc3)CC2)c1. The molecule has 2 fully saturated rings. The highest BCUT2D eigenvalue weighted by atomic mass is 19.1. The summed E-state index contributed by atoms with van der Waals surface area (Å²) in [5.41, 5.74) is 2.69. The van der Waals surface area contributed by atoms with Gasteiger partial charge in [0, 0.05) is 37.8 Å².